The van der Waals surface area contributed by atoms with Crippen LogP contribution in [0.4, 0.5) is 0 Å². The van der Waals surface area contributed by atoms with Crippen LogP contribution in [0.25, 0.3) is 11.0 Å². The first-order valence-electron chi connectivity index (χ1n) is 9.12. The van der Waals surface area contributed by atoms with E-state index in [9.17, 15) is 9.59 Å². The number of aromatic nitrogens is 4. The molecule has 2 amide bonds. The van der Waals surface area contributed by atoms with Crippen LogP contribution in [0.5, 0.6) is 0 Å². The van der Waals surface area contributed by atoms with Crippen molar-refractivity contribution in [1.82, 2.24) is 29.3 Å². The zero-order valence-electron chi connectivity index (χ0n) is 15.0. The van der Waals surface area contributed by atoms with Crippen molar-refractivity contribution < 1.29 is 9.59 Å². The Hall–Kier alpha value is -3.16. The molecule has 138 valence electrons. The molecule has 0 bridgehead atoms. The van der Waals surface area contributed by atoms with E-state index < -0.39 is 0 Å². The molecule has 8 heteroatoms. The maximum absolute atomic E-state index is 13.2. The van der Waals surface area contributed by atoms with Crippen LogP contribution < -0.4 is 0 Å². The monoisotopic (exact) mass is 364 g/mol. The minimum Gasteiger partial charge on any atom is -0.346 e. The van der Waals surface area contributed by atoms with E-state index >= 15 is 0 Å². The smallest absolute Gasteiger partial charge is 0.274 e. The van der Waals surface area contributed by atoms with Crippen LogP contribution in [0.2, 0.25) is 0 Å². The molecule has 8 nitrogen and oxygen atoms in total. The highest BCUT2D eigenvalue weighted by atomic mass is 16.2. The molecule has 0 spiro atoms. The molecule has 1 N–H and O–H groups in total. The summed E-state index contributed by atoms with van der Waals surface area (Å²) in [5.41, 5.74) is 1.84. The van der Waals surface area contributed by atoms with Gasteiger partial charge in [0, 0.05) is 56.6 Å². The first-order chi connectivity index (χ1) is 13.1. The summed E-state index contributed by atoms with van der Waals surface area (Å²) in [5.74, 6) is 0.279. The van der Waals surface area contributed by atoms with Gasteiger partial charge in [0.25, 0.3) is 11.8 Å². The summed E-state index contributed by atoms with van der Waals surface area (Å²) in [7, 11) is 1.85. The number of carbonyl (C=O) groups excluding carboxylic acids is 2. The van der Waals surface area contributed by atoms with Gasteiger partial charge in [-0.25, -0.2) is 9.97 Å². The predicted octanol–water partition coefficient (Wildman–Crippen LogP) is 1.28. The molecular weight excluding hydrogens is 344 g/mol. The Morgan fingerprint density at radius 3 is 2.89 bits per heavy atom. The van der Waals surface area contributed by atoms with Gasteiger partial charge >= 0.3 is 0 Å². The third-order valence-corrected chi connectivity index (χ3v) is 5.71. The number of fused-ring (bicyclic) bond motifs is 2. The van der Waals surface area contributed by atoms with Gasteiger partial charge in [-0.1, -0.05) is 0 Å². The summed E-state index contributed by atoms with van der Waals surface area (Å²) in [4.78, 5) is 41.2. The molecule has 2 saturated heterocycles. The normalized spacial score (nSPS) is 21.8. The molecule has 2 aliphatic rings. The summed E-state index contributed by atoms with van der Waals surface area (Å²) < 4.78 is 1.77. The van der Waals surface area contributed by atoms with Gasteiger partial charge < -0.3 is 19.4 Å². The van der Waals surface area contributed by atoms with Gasteiger partial charge in [0.15, 0.2) is 0 Å². The van der Waals surface area contributed by atoms with Gasteiger partial charge in [-0.2, -0.15) is 0 Å². The lowest BCUT2D eigenvalue weighted by molar-refractivity contribution is 0.0688. The van der Waals surface area contributed by atoms with E-state index in [-0.39, 0.29) is 17.9 Å². The molecule has 0 unspecified atom stereocenters. The number of pyridine rings is 1. The molecule has 0 radical (unpaired) electrons. The molecule has 2 atom stereocenters. The molecule has 5 heterocycles. The average Bonchev–Trinajstić information content (AvgIpc) is 3.42. The molecule has 5 rings (SSSR count). The van der Waals surface area contributed by atoms with E-state index in [1.165, 1.54) is 0 Å². The van der Waals surface area contributed by atoms with E-state index in [0.29, 0.717) is 30.3 Å². The number of imidazole rings is 1. The molecule has 3 aromatic rings. The van der Waals surface area contributed by atoms with Gasteiger partial charge in [0.2, 0.25) is 0 Å². The summed E-state index contributed by atoms with van der Waals surface area (Å²) in [6, 6.07) is 3.72. The fraction of sp³-hybridized carbons (Fsp3) is 0.368. The standard InChI is InChI=1S/C19H20N6O2/c1-23-9-15(22-11-23)19(27)24-8-12-4-7-25(16(12)10-24)18(26)14-3-6-21-17-13(14)2-5-20-17/h2-3,5-6,9,11-12,16H,4,7-8,10H2,1H3,(H,20,21)/t12-,16+/m0/s1. The number of likely N-dealkylation sites (tertiary alicyclic amines) is 2. The number of hydrogen-bond donors (Lipinski definition) is 1. The lowest BCUT2D eigenvalue weighted by atomic mass is 10.0. The molecular formula is C19H20N6O2. The predicted molar refractivity (Wildman–Crippen MR) is 98.1 cm³/mol. The van der Waals surface area contributed by atoms with E-state index in [0.717, 1.165) is 24.0 Å². The second-order valence-corrected chi connectivity index (χ2v) is 7.35. The lowest BCUT2D eigenvalue weighted by Crippen LogP contribution is -2.40. The van der Waals surface area contributed by atoms with Crippen molar-refractivity contribution in [2.24, 2.45) is 13.0 Å². The number of nitrogens with one attached hydrogen (secondary N) is 1. The van der Waals surface area contributed by atoms with Crippen molar-refractivity contribution in [2.75, 3.05) is 19.6 Å². The van der Waals surface area contributed by atoms with Crippen LogP contribution in [-0.4, -0.2) is 66.8 Å². The van der Waals surface area contributed by atoms with E-state index in [1.807, 2.05) is 22.9 Å². The van der Waals surface area contributed by atoms with Crippen LogP contribution in [0, 0.1) is 5.92 Å². The molecule has 0 aliphatic carbocycles. The average molecular weight is 364 g/mol. The highest BCUT2D eigenvalue weighted by Crippen LogP contribution is 2.33. The minimum atomic E-state index is -0.0608. The quantitative estimate of drug-likeness (QED) is 0.742. The molecule has 0 saturated carbocycles. The first kappa shape index (κ1) is 16.0. The Bertz CT molecular complexity index is 1040. The zero-order chi connectivity index (χ0) is 18.5. The van der Waals surface area contributed by atoms with Crippen LogP contribution >= 0.6 is 0 Å². The summed E-state index contributed by atoms with van der Waals surface area (Å²) >= 11 is 0. The fourth-order valence-corrected chi connectivity index (χ4v) is 4.37. The maximum atomic E-state index is 13.2. The van der Waals surface area contributed by atoms with E-state index in [2.05, 4.69) is 15.0 Å². The maximum Gasteiger partial charge on any atom is 0.274 e. The van der Waals surface area contributed by atoms with E-state index in [1.54, 1.807) is 35.6 Å². The zero-order valence-corrected chi connectivity index (χ0v) is 15.0. The lowest BCUT2D eigenvalue weighted by Gasteiger charge is -2.25. The first-order valence-corrected chi connectivity index (χ1v) is 9.12. The second kappa shape index (κ2) is 5.94. The SMILES string of the molecule is Cn1cnc(C(=O)N2C[C@@H]3CCN(C(=O)c4ccnc5[nH]ccc45)[C@@H]3C2)c1. The summed E-state index contributed by atoms with van der Waals surface area (Å²) in [5, 5.41) is 0.838. The fourth-order valence-electron chi connectivity index (χ4n) is 4.37. The van der Waals surface area contributed by atoms with Crippen molar-refractivity contribution in [3.8, 4) is 0 Å². The third-order valence-electron chi connectivity index (χ3n) is 5.71. The van der Waals surface area contributed by atoms with Gasteiger partial charge in [0.05, 0.1) is 17.9 Å². The molecule has 2 aliphatic heterocycles. The largest absolute Gasteiger partial charge is 0.346 e. The number of amides is 2. The second-order valence-electron chi connectivity index (χ2n) is 7.35. The van der Waals surface area contributed by atoms with Crippen molar-refractivity contribution in [3.05, 3.63) is 48.3 Å². The molecule has 0 aromatic carbocycles. The Morgan fingerprint density at radius 2 is 2.07 bits per heavy atom. The third kappa shape index (κ3) is 2.51. The van der Waals surface area contributed by atoms with Gasteiger partial charge in [0.1, 0.15) is 11.3 Å². The number of carbonyl (C=O) groups is 2. The highest BCUT2D eigenvalue weighted by Gasteiger charge is 2.45. The molecule has 2 fully saturated rings. The van der Waals surface area contributed by atoms with Crippen LogP contribution in [0.1, 0.15) is 27.3 Å². The number of H-pyrrole nitrogens is 1. The number of hydrogen-bond acceptors (Lipinski definition) is 4. The summed E-state index contributed by atoms with van der Waals surface area (Å²) in [6.07, 6.45) is 7.74. The summed E-state index contributed by atoms with van der Waals surface area (Å²) in [6.45, 7) is 1.97. The number of rotatable bonds is 2. The topological polar surface area (TPSA) is 87.1 Å². The van der Waals surface area contributed by atoms with Crippen molar-refractivity contribution in [1.29, 1.82) is 0 Å². The van der Waals surface area contributed by atoms with Gasteiger partial charge in [-0.3, -0.25) is 9.59 Å². The minimum absolute atomic E-state index is 0.0154. The van der Waals surface area contributed by atoms with Crippen molar-refractivity contribution in [3.63, 3.8) is 0 Å². The Kier molecular flexibility index (Phi) is 3.53. The van der Waals surface area contributed by atoms with Crippen molar-refractivity contribution >= 4 is 22.8 Å². The number of nitrogens with zero attached hydrogens (tertiary/aromatic N) is 5. The van der Waals surface area contributed by atoms with Crippen molar-refractivity contribution in [2.45, 2.75) is 12.5 Å². The Balaban J connectivity index is 1.38. The highest BCUT2D eigenvalue weighted by molar-refractivity contribution is 6.05. The van der Waals surface area contributed by atoms with E-state index in [4.69, 9.17) is 0 Å². The van der Waals surface area contributed by atoms with Crippen LogP contribution in [-0.2, 0) is 7.05 Å². The van der Waals surface area contributed by atoms with Crippen LogP contribution in [0.15, 0.2) is 37.1 Å². The van der Waals surface area contributed by atoms with Crippen LogP contribution in [0.3, 0.4) is 0 Å². The van der Waals surface area contributed by atoms with Gasteiger partial charge in [-0.05, 0) is 18.6 Å². The Labute approximate surface area is 155 Å². The molecule has 27 heavy (non-hydrogen) atoms. The van der Waals surface area contributed by atoms with Gasteiger partial charge in [-0.15, -0.1) is 0 Å². The number of aromatic amines is 1. The molecule has 3 aromatic heterocycles. The number of aryl methyl sites for hydroxylation is 1. The Morgan fingerprint density at radius 1 is 1.19 bits per heavy atom.